The van der Waals surface area contributed by atoms with Gasteiger partial charge in [-0.3, -0.25) is 0 Å². The third-order valence-corrected chi connectivity index (χ3v) is 2.96. The summed E-state index contributed by atoms with van der Waals surface area (Å²) in [7, 11) is 0. The van der Waals surface area contributed by atoms with Crippen molar-refractivity contribution in [2.75, 3.05) is 19.6 Å². The summed E-state index contributed by atoms with van der Waals surface area (Å²) in [4.78, 5) is 13.1. The Bertz CT molecular complexity index is 333. The lowest BCUT2D eigenvalue weighted by Gasteiger charge is -2.47. The highest BCUT2D eigenvalue weighted by Gasteiger charge is 2.56. The number of ether oxygens (including phenoxy) is 1. The summed E-state index contributed by atoms with van der Waals surface area (Å²) < 4.78 is 31.3. The van der Waals surface area contributed by atoms with Crippen LogP contribution in [0.4, 0.5) is 13.6 Å². The van der Waals surface area contributed by atoms with Gasteiger partial charge < -0.3 is 15.0 Å². The van der Waals surface area contributed by atoms with Crippen molar-refractivity contribution in [1.82, 2.24) is 10.2 Å². The summed E-state index contributed by atoms with van der Waals surface area (Å²) in [6.45, 7) is 5.65. The number of rotatable bonds is 0. The first-order valence-electron chi connectivity index (χ1n) is 5.72. The zero-order valence-electron chi connectivity index (χ0n) is 10.3. The number of amides is 1. The van der Waals surface area contributed by atoms with E-state index in [1.165, 1.54) is 4.90 Å². The molecule has 0 aromatic carbocycles. The minimum absolute atomic E-state index is 0.195. The molecule has 2 rings (SSSR count). The van der Waals surface area contributed by atoms with Crippen molar-refractivity contribution in [2.45, 2.75) is 44.3 Å². The fourth-order valence-corrected chi connectivity index (χ4v) is 2.30. The topological polar surface area (TPSA) is 41.6 Å². The number of halogens is 2. The molecule has 1 amide bonds. The molecule has 0 aromatic heterocycles. The Balaban J connectivity index is 1.85. The summed E-state index contributed by atoms with van der Waals surface area (Å²) in [5.41, 5.74) is -1.15. The molecule has 2 fully saturated rings. The van der Waals surface area contributed by atoms with Crippen LogP contribution < -0.4 is 5.32 Å². The molecule has 0 unspecified atom stereocenters. The molecule has 0 saturated carbocycles. The smallest absolute Gasteiger partial charge is 0.410 e. The van der Waals surface area contributed by atoms with Crippen LogP contribution in [0.2, 0.25) is 0 Å². The van der Waals surface area contributed by atoms with Gasteiger partial charge in [-0.25, -0.2) is 13.6 Å². The van der Waals surface area contributed by atoms with Crippen molar-refractivity contribution < 1.29 is 18.3 Å². The zero-order chi connectivity index (χ0) is 12.9. The van der Waals surface area contributed by atoms with Gasteiger partial charge in [-0.15, -0.1) is 0 Å². The van der Waals surface area contributed by atoms with Crippen LogP contribution in [-0.4, -0.2) is 47.7 Å². The molecule has 0 aromatic rings. The maximum atomic E-state index is 13.1. The number of hydrogen-bond donors (Lipinski definition) is 1. The number of carbonyl (C=O) groups is 1. The number of nitrogens with one attached hydrogen (secondary N) is 1. The molecule has 2 aliphatic rings. The Morgan fingerprint density at radius 3 is 2.35 bits per heavy atom. The Morgan fingerprint density at radius 1 is 1.35 bits per heavy atom. The monoisotopic (exact) mass is 248 g/mol. The second-order valence-electron chi connectivity index (χ2n) is 6.00. The molecule has 98 valence electrons. The molecule has 1 N–H and O–H groups in total. The van der Waals surface area contributed by atoms with Gasteiger partial charge in [0.15, 0.2) is 0 Å². The van der Waals surface area contributed by atoms with Crippen LogP contribution in [0.3, 0.4) is 0 Å². The zero-order valence-corrected chi connectivity index (χ0v) is 10.3. The van der Waals surface area contributed by atoms with E-state index < -0.39 is 23.2 Å². The SMILES string of the molecule is CC(C)(C)OC(=O)N1CC2(C1)CC(F)(F)CN2. The number of hydrogen-bond acceptors (Lipinski definition) is 3. The molecule has 2 aliphatic heterocycles. The molecule has 0 radical (unpaired) electrons. The minimum Gasteiger partial charge on any atom is -0.444 e. The van der Waals surface area contributed by atoms with Crippen LogP contribution in [0, 0.1) is 0 Å². The average Bonchev–Trinajstić information content (AvgIpc) is 2.36. The highest BCUT2D eigenvalue weighted by atomic mass is 19.3. The van der Waals surface area contributed by atoms with Gasteiger partial charge in [0.25, 0.3) is 5.92 Å². The van der Waals surface area contributed by atoms with E-state index in [0.29, 0.717) is 13.1 Å². The van der Waals surface area contributed by atoms with E-state index in [1.54, 1.807) is 20.8 Å². The molecule has 2 heterocycles. The maximum absolute atomic E-state index is 13.1. The molecule has 1 spiro atoms. The third kappa shape index (κ3) is 2.68. The lowest BCUT2D eigenvalue weighted by atomic mass is 9.88. The predicted octanol–water partition coefficient (Wildman–Crippen LogP) is 1.60. The highest BCUT2D eigenvalue weighted by molar-refractivity contribution is 5.70. The molecule has 0 atom stereocenters. The van der Waals surface area contributed by atoms with Crippen molar-refractivity contribution >= 4 is 6.09 Å². The normalized spacial score (nSPS) is 25.8. The maximum Gasteiger partial charge on any atom is 0.410 e. The van der Waals surface area contributed by atoms with E-state index in [4.69, 9.17) is 4.74 Å². The Morgan fingerprint density at radius 2 is 1.94 bits per heavy atom. The van der Waals surface area contributed by atoms with Crippen LogP contribution in [0.15, 0.2) is 0 Å². The van der Waals surface area contributed by atoms with E-state index in [1.807, 2.05) is 0 Å². The van der Waals surface area contributed by atoms with Gasteiger partial charge in [0, 0.05) is 19.5 Å². The molecule has 17 heavy (non-hydrogen) atoms. The van der Waals surface area contributed by atoms with Gasteiger partial charge in [0.2, 0.25) is 0 Å². The summed E-state index contributed by atoms with van der Waals surface area (Å²) in [6.07, 6.45) is -0.626. The van der Waals surface area contributed by atoms with Crippen molar-refractivity contribution in [3.63, 3.8) is 0 Å². The third-order valence-electron chi connectivity index (χ3n) is 2.96. The molecule has 6 heteroatoms. The van der Waals surface area contributed by atoms with Crippen LogP contribution in [0.25, 0.3) is 0 Å². The second kappa shape index (κ2) is 3.54. The molecule has 4 nitrogen and oxygen atoms in total. The number of likely N-dealkylation sites (tertiary alicyclic amines) is 1. The van der Waals surface area contributed by atoms with Gasteiger partial charge in [-0.2, -0.15) is 0 Å². The first-order chi connectivity index (χ1) is 7.61. The standard InChI is InChI=1S/C11H18F2N2O2/c1-9(2,3)17-8(16)15-6-10(7-15)4-11(12,13)5-14-10/h14H,4-7H2,1-3H3. The number of alkyl halides is 2. The van der Waals surface area contributed by atoms with Crippen LogP contribution >= 0.6 is 0 Å². The van der Waals surface area contributed by atoms with Crippen molar-refractivity contribution in [3.8, 4) is 0 Å². The molecule has 0 aliphatic carbocycles. The van der Waals surface area contributed by atoms with E-state index in [9.17, 15) is 13.6 Å². The fourth-order valence-electron chi connectivity index (χ4n) is 2.30. The van der Waals surface area contributed by atoms with Gasteiger partial charge in [-0.1, -0.05) is 0 Å². The van der Waals surface area contributed by atoms with Crippen molar-refractivity contribution in [2.24, 2.45) is 0 Å². The summed E-state index contributed by atoms with van der Waals surface area (Å²) in [5, 5.41) is 2.81. The average molecular weight is 248 g/mol. The predicted molar refractivity (Wildman–Crippen MR) is 58.1 cm³/mol. The van der Waals surface area contributed by atoms with Crippen LogP contribution in [0.5, 0.6) is 0 Å². The van der Waals surface area contributed by atoms with Gasteiger partial charge in [-0.05, 0) is 20.8 Å². The summed E-state index contributed by atoms with van der Waals surface area (Å²) in [5.74, 6) is -2.65. The lowest BCUT2D eigenvalue weighted by molar-refractivity contribution is -0.0292. The fraction of sp³-hybridized carbons (Fsp3) is 0.909. The van der Waals surface area contributed by atoms with Gasteiger partial charge in [0.05, 0.1) is 12.1 Å². The van der Waals surface area contributed by atoms with Crippen molar-refractivity contribution in [3.05, 3.63) is 0 Å². The first kappa shape index (κ1) is 12.5. The Kier molecular flexibility index (Phi) is 2.61. The Labute approximate surface area is 99.3 Å². The van der Waals surface area contributed by atoms with E-state index >= 15 is 0 Å². The van der Waals surface area contributed by atoms with Crippen molar-refractivity contribution in [1.29, 1.82) is 0 Å². The minimum atomic E-state index is -2.65. The summed E-state index contributed by atoms with van der Waals surface area (Å²) >= 11 is 0. The molecular formula is C11H18F2N2O2. The largest absolute Gasteiger partial charge is 0.444 e. The van der Waals surface area contributed by atoms with Crippen LogP contribution in [-0.2, 0) is 4.74 Å². The van der Waals surface area contributed by atoms with E-state index in [2.05, 4.69) is 5.32 Å². The number of carbonyl (C=O) groups excluding carboxylic acids is 1. The molecular weight excluding hydrogens is 230 g/mol. The quantitative estimate of drug-likeness (QED) is 0.708. The van der Waals surface area contributed by atoms with E-state index in [0.717, 1.165) is 0 Å². The van der Waals surface area contributed by atoms with Crippen LogP contribution in [0.1, 0.15) is 27.2 Å². The van der Waals surface area contributed by atoms with E-state index in [-0.39, 0.29) is 13.0 Å². The number of nitrogens with zero attached hydrogens (tertiary/aromatic N) is 1. The Hall–Kier alpha value is -0.910. The lowest BCUT2D eigenvalue weighted by Crippen LogP contribution is -2.68. The summed E-state index contributed by atoms with van der Waals surface area (Å²) in [6, 6.07) is 0. The second-order valence-corrected chi connectivity index (χ2v) is 6.00. The molecule has 2 saturated heterocycles. The first-order valence-corrected chi connectivity index (χ1v) is 5.72. The van der Waals surface area contributed by atoms with Gasteiger partial charge >= 0.3 is 6.09 Å². The molecule has 0 bridgehead atoms. The van der Waals surface area contributed by atoms with Gasteiger partial charge in [0.1, 0.15) is 5.60 Å². The highest BCUT2D eigenvalue weighted by Crippen LogP contribution is 2.38.